The molecule has 148 valence electrons. The molecule has 2 aromatic rings. The Balaban J connectivity index is 1.36. The molecule has 4 rings (SSSR count). The third-order valence-corrected chi connectivity index (χ3v) is 5.57. The lowest BCUT2D eigenvalue weighted by Crippen LogP contribution is -2.49. The predicted molar refractivity (Wildman–Crippen MR) is 112 cm³/mol. The van der Waals surface area contributed by atoms with E-state index < -0.39 is 0 Å². The zero-order valence-corrected chi connectivity index (χ0v) is 16.7. The lowest BCUT2D eigenvalue weighted by molar-refractivity contribution is 0.0746. The van der Waals surface area contributed by atoms with E-state index in [1.165, 1.54) is 12.8 Å². The maximum atomic E-state index is 12.9. The minimum absolute atomic E-state index is 0.0961. The third-order valence-electron chi connectivity index (χ3n) is 5.57. The van der Waals surface area contributed by atoms with Crippen molar-refractivity contribution in [2.75, 3.05) is 68.1 Å². The fraction of sp³-hybridized carbons (Fsp3) is 0.476. The molecule has 0 saturated carbocycles. The summed E-state index contributed by atoms with van der Waals surface area (Å²) in [5.41, 5.74) is 1.78. The Labute approximate surface area is 166 Å². The number of benzene rings is 1. The van der Waals surface area contributed by atoms with Crippen molar-refractivity contribution in [2.45, 2.75) is 12.8 Å². The zero-order valence-electron chi connectivity index (χ0n) is 16.7. The van der Waals surface area contributed by atoms with Gasteiger partial charge < -0.3 is 19.6 Å². The number of anilines is 3. The van der Waals surface area contributed by atoms with Crippen LogP contribution in [0.3, 0.4) is 0 Å². The molecule has 1 amide bonds. The summed E-state index contributed by atoms with van der Waals surface area (Å²) >= 11 is 0. The van der Waals surface area contributed by atoms with Crippen LogP contribution in [0.2, 0.25) is 0 Å². The summed E-state index contributed by atoms with van der Waals surface area (Å²) in [5, 5.41) is 8.84. The molecule has 2 saturated heterocycles. The summed E-state index contributed by atoms with van der Waals surface area (Å²) in [6, 6.07) is 11.9. The fourth-order valence-electron chi connectivity index (χ4n) is 3.84. The molecule has 3 heterocycles. The highest BCUT2D eigenvalue weighted by Crippen LogP contribution is 2.21. The van der Waals surface area contributed by atoms with E-state index in [0.717, 1.165) is 49.1 Å². The van der Waals surface area contributed by atoms with Gasteiger partial charge in [-0.1, -0.05) is 6.07 Å². The van der Waals surface area contributed by atoms with E-state index in [4.69, 9.17) is 0 Å². The summed E-state index contributed by atoms with van der Waals surface area (Å²) < 4.78 is 0. The molecular formula is C21H28N6O. The van der Waals surface area contributed by atoms with Gasteiger partial charge in [0.25, 0.3) is 5.91 Å². The smallest absolute Gasteiger partial charge is 0.254 e. The average Bonchev–Trinajstić information content (AvgIpc) is 3.28. The second-order valence-corrected chi connectivity index (χ2v) is 7.67. The van der Waals surface area contributed by atoms with Crippen LogP contribution in [0, 0.1) is 0 Å². The van der Waals surface area contributed by atoms with Gasteiger partial charge in [-0.05, 0) is 43.2 Å². The van der Waals surface area contributed by atoms with Crippen LogP contribution in [-0.2, 0) is 0 Å². The van der Waals surface area contributed by atoms with Crippen molar-refractivity contribution in [1.82, 2.24) is 15.1 Å². The minimum Gasteiger partial charge on any atom is -0.378 e. The van der Waals surface area contributed by atoms with Crippen LogP contribution < -0.4 is 14.7 Å². The Bertz CT molecular complexity index is 808. The molecule has 0 spiro atoms. The van der Waals surface area contributed by atoms with Crippen molar-refractivity contribution >= 4 is 23.2 Å². The van der Waals surface area contributed by atoms with E-state index in [0.29, 0.717) is 13.1 Å². The van der Waals surface area contributed by atoms with Gasteiger partial charge >= 0.3 is 0 Å². The van der Waals surface area contributed by atoms with Gasteiger partial charge in [0.05, 0.1) is 0 Å². The standard InChI is InChI=1S/C21H28N6O/c1-24(2)18-7-5-6-17(16-18)21(28)27-14-12-26(13-15-27)20-9-8-19(22-23-20)25-10-3-4-11-25/h5-9,16H,3-4,10-15H2,1-2H3. The van der Waals surface area contributed by atoms with Gasteiger partial charge in [-0.2, -0.15) is 0 Å². The highest BCUT2D eigenvalue weighted by Gasteiger charge is 2.23. The maximum Gasteiger partial charge on any atom is 0.254 e. The second kappa shape index (κ2) is 8.04. The van der Waals surface area contributed by atoms with Crippen molar-refractivity contribution in [1.29, 1.82) is 0 Å². The predicted octanol–water partition coefficient (Wildman–Crippen LogP) is 2.11. The molecule has 0 bridgehead atoms. The van der Waals surface area contributed by atoms with Gasteiger partial charge in [0, 0.05) is 64.6 Å². The molecule has 7 heteroatoms. The number of nitrogens with zero attached hydrogens (tertiary/aromatic N) is 6. The van der Waals surface area contributed by atoms with Crippen molar-refractivity contribution < 1.29 is 4.79 Å². The Hall–Kier alpha value is -2.83. The Morgan fingerprint density at radius 3 is 2.04 bits per heavy atom. The van der Waals surface area contributed by atoms with Crippen LogP contribution in [-0.4, -0.2) is 74.4 Å². The van der Waals surface area contributed by atoms with Crippen molar-refractivity contribution in [3.05, 3.63) is 42.0 Å². The van der Waals surface area contributed by atoms with Crippen LogP contribution in [0.15, 0.2) is 36.4 Å². The Morgan fingerprint density at radius 2 is 1.46 bits per heavy atom. The monoisotopic (exact) mass is 380 g/mol. The molecule has 0 atom stereocenters. The first-order valence-electron chi connectivity index (χ1n) is 10.0. The summed E-state index contributed by atoms with van der Waals surface area (Å²) in [4.78, 5) is 21.3. The van der Waals surface area contributed by atoms with Crippen LogP contribution >= 0.6 is 0 Å². The number of piperazine rings is 1. The van der Waals surface area contributed by atoms with E-state index in [-0.39, 0.29) is 5.91 Å². The van der Waals surface area contributed by atoms with Gasteiger partial charge in [-0.25, -0.2) is 0 Å². The highest BCUT2D eigenvalue weighted by molar-refractivity contribution is 5.95. The van der Waals surface area contributed by atoms with E-state index in [2.05, 4.69) is 32.1 Å². The quantitative estimate of drug-likeness (QED) is 0.810. The topological polar surface area (TPSA) is 55.8 Å². The lowest BCUT2D eigenvalue weighted by atomic mass is 10.1. The van der Waals surface area contributed by atoms with E-state index >= 15 is 0 Å². The van der Waals surface area contributed by atoms with Crippen LogP contribution in [0.4, 0.5) is 17.3 Å². The van der Waals surface area contributed by atoms with E-state index in [1.807, 2.05) is 48.2 Å². The average molecular weight is 380 g/mol. The SMILES string of the molecule is CN(C)c1cccc(C(=O)N2CCN(c3ccc(N4CCCC4)nn3)CC2)c1. The van der Waals surface area contributed by atoms with Crippen molar-refractivity contribution in [3.63, 3.8) is 0 Å². The van der Waals surface area contributed by atoms with Crippen LogP contribution in [0.25, 0.3) is 0 Å². The van der Waals surface area contributed by atoms with Crippen LogP contribution in [0.5, 0.6) is 0 Å². The number of carbonyl (C=O) groups excluding carboxylic acids is 1. The van der Waals surface area contributed by atoms with Gasteiger partial charge in [-0.3, -0.25) is 4.79 Å². The maximum absolute atomic E-state index is 12.9. The van der Waals surface area contributed by atoms with Gasteiger partial charge in [0.1, 0.15) is 0 Å². The highest BCUT2D eigenvalue weighted by atomic mass is 16.2. The summed E-state index contributed by atoms with van der Waals surface area (Å²) in [6.45, 7) is 5.09. The van der Waals surface area contributed by atoms with Crippen LogP contribution in [0.1, 0.15) is 23.2 Å². The fourth-order valence-corrected chi connectivity index (χ4v) is 3.84. The van der Waals surface area contributed by atoms with E-state index in [1.54, 1.807) is 0 Å². The van der Waals surface area contributed by atoms with Gasteiger partial charge in [-0.15, -0.1) is 10.2 Å². The number of hydrogen-bond donors (Lipinski definition) is 0. The first kappa shape index (κ1) is 18.5. The first-order chi connectivity index (χ1) is 13.6. The molecule has 2 aliphatic rings. The number of aromatic nitrogens is 2. The lowest BCUT2D eigenvalue weighted by Gasteiger charge is -2.35. The minimum atomic E-state index is 0.0961. The number of rotatable bonds is 4. The van der Waals surface area contributed by atoms with Gasteiger partial charge in [0.2, 0.25) is 0 Å². The Kier molecular flexibility index (Phi) is 5.32. The molecule has 28 heavy (non-hydrogen) atoms. The summed E-state index contributed by atoms with van der Waals surface area (Å²) in [6.07, 6.45) is 2.47. The summed E-state index contributed by atoms with van der Waals surface area (Å²) in [5.74, 6) is 1.96. The molecule has 1 aromatic heterocycles. The van der Waals surface area contributed by atoms with Crippen molar-refractivity contribution in [2.24, 2.45) is 0 Å². The normalized spacial score (nSPS) is 17.1. The molecule has 2 fully saturated rings. The largest absolute Gasteiger partial charge is 0.378 e. The zero-order chi connectivity index (χ0) is 19.5. The first-order valence-corrected chi connectivity index (χ1v) is 10.0. The molecule has 0 aliphatic carbocycles. The molecule has 1 aromatic carbocycles. The second-order valence-electron chi connectivity index (χ2n) is 7.67. The molecule has 0 radical (unpaired) electrons. The Morgan fingerprint density at radius 1 is 0.857 bits per heavy atom. The molecule has 0 unspecified atom stereocenters. The molecule has 7 nitrogen and oxygen atoms in total. The summed E-state index contributed by atoms with van der Waals surface area (Å²) in [7, 11) is 3.97. The number of hydrogen-bond acceptors (Lipinski definition) is 6. The molecular weight excluding hydrogens is 352 g/mol. The number of amides is 1. The third kappa shape index (κ3) is 3.88. The number of carbonyl (C=O) groups is 1. The molecule has 2 aliphatic heterocycles. The van der Waals surface area contributed by atoms with Gasteiger partial charge in [0.15, 0.2) is 11.6 Å². The van der Waals surface area contributed by atoms with E-state index in [9.17, 15) is 4.79 Å². The molecule has 0 N–H and O–H groups in total. The van der Waals surface area contributed by atoms with Crippen molar-refractivity contribution in [3.8, 4) is 0 Å².